The number of aliphatic hydroxyl groups excluding tert-OH is 1. The van der Waals surface area contributed by atoms with Crippen LogP contribution < -0.4 is 10.1 Å². The van der Waals surface area contributed by atoms with Crippen LogP contribution in [0.3, 0.4) is 0 Å². The maximum Gasteiger partial charge on any atom is 0.321 e. The molecule has 1 aromatic carbocycles. The summed E-state index contributed by atoms with van der Waals surface area (Å²) in [6.07, 6.45) is 0.480. The first-order chi connectivity index (χ1) is 10.6. The van der Waals surface area contributed by atoms with E-state index in [1.165, 1.54) is 0 Å². The number of anilines is 1. The zero-order valence-corrected chi connectivity index (χ0v) is 13.3. The molecule has 0 unspecified atom stereocenters. The maximum atomic E-state index is 12.3. The Labute approximate surface area is 131 Å². The number of hydrogen-bond donors (Lipinski definition) is 2. The first-order valence-electron chi connectivity index (χ1n) is 7.72. The Balaban J connectivity index is 1.82. The summed E-state index contributed by atoms with van der Waals surface area (Å²) in [5.74, 6) is 0.719. The zero-order valence-electron chi connectivity index (χ0n) is 13.3. The highest BCUT2D eigenvalue weighted by molar-refractivity contribution is 5.89. The summed E-state index contributed by atoms with van der Waals surface area (Å²) in [4.78, 5) is 16.3. The number of piperazine rings is 1. The number of carbonyl (C=O) groups is 1. The van der Waals surface area contributed by atoms with E-state index in [1.807, 2.05) is 25.1 Å². The Bertz CT molecular complexity index is 487. The lowest BCUT2D eigenvalue weighted by atomic mass is 10.2. The molecule has 22 heavy (non-hydrogen) atoms. The van der Waals surface area contributed by atoms with Gasteiger partial charge in [0.25, 0.3) is 0 Å². The van der Waals surface area contributed by atoms with Gasteiger partial charge in [0.1, 0.15) is 5.75 Å². The van der Waals surface area contributed by atoms with Gasteiger partial charge in [-0.1, -0.05) is 13.0 Å². The van der Waals surface area contributed by atoms with Crippen LogP contribution in [0.1, 0.15) is 13.3 Å². The van der Waals surface area contributed by atoms with Crippen molar-refractivity contribution in [1.29, 1.82) is 0 Å². The van der Waals surface area contributed by atoms with Gasteiger partial charge in [0.15, 0.2) is 0 Å². The second-order valence-electron chi connectivity index (χ2n) is 5.51. The molecule has 1 aliphatic heterocycles. The smallest absolute Gasteiger partial charge is 0.321 e. The maximum absolute atomic E-state index is 12.3. The number of amides is 2. The van der Waals surface area contributed by atoms with Gasteiger partial charge >= 0.3 is 6.03 Å². The summed E-state index contributed by atoms with van der Waals surface area (Å²) in [7, 11) is 1.60. The van der Waals surface area contributed by atoms with Crippen LogP contribution in [0.15, 0.2) is 24.3 Å². The van der Waals surface area contributed by atoms with Gasteiger partial charge < -0.3 is 20.1 Å². The monoisotopic (exact) mass is 307 g/mol. The van der Waals surface area contributed by atoms with Gasteiger partial charge in [-0.25, -0.2) is 4.79 Å². The third-order valence-corrected chi connectivity index (χ3v) is 3.92. The average molecular weight is 307 g/mol. The lowest BCUT2D eigenvalue weighted by Crippen LogP contribution is -2.51. The van der Waals surface area contributed by atoms with Crippen molar-refractivity contribution in [3.63, 3.8) is 0 Å². The first kappa shape index (κ1) is 16.6. The number of nitrogens with one attached hydrogen (secondary N) is 1. The molecule has 0 aromatic heterocycles. The minimum atomic E-state index is -0.280. The second-order valence-corrected chi connectivity index (χ2v) is 5.51. The molecule has 0 radical (unpaired) electrons. The Morgan fingerprint density at radius 3 is 2.73 bits per heavy atom. The number of ether oxygens (including phenoxy) is 1. The van der Waals surface area contributed by atoms with Crippen LogP contribution in [0.2, 0.25) is 0 Å². The van der Waals surface area contributed by atoms with E-state index in [0.717, 1.165) is 30.9 Å². The van der Waals surface area contributed by atoms with Crippen molar-refractivity contribution in [3.8, 4) is 5.75 Å². The number of aliphatic hydroxyl groups is 1. The second kappa shape index (κ2) is 8.00. The molecule has 2 N–H and O–H groups in total. The van der Waals surface area contributed by atoms with Crippen molar-refractivity contribution < 1.29 is 14.6 Å². The number of β-amino-alcohol motifs (C(OH)–C–C–N with tert-alkyl or cyclic N) is 1. The molecule has 0 aliphatic carbocycles. The minimum absolute atomic E-state index is 0.0936. The SMILES string of the molecule is CC[C@H](O)CN1CCN(C(=O)Nc2cccc(OC)c2)CC1. The minimum Gasteiger partial charge on any atom is -0.497 e. The summed E-state index contributed by atoms with van der Waals surface area (Å²) >= 11 is 0. The normalized spacial score (nSPS) is 17.1. The molecular formula is C16H25N3O3. The van der Waals surface area contributed by atoms with Gasteiger partial charge in [0.2, 0.25) is 0 Å². The number of benzene rings is 1. The fraction of sp³-hybridized carbons (Fsp3) is 0.562. The first-order valence-corrected chi connectivity index (χ1v) is 7.72. The Morgan fingerprint density at radius 2 is 2.09 bits per heavy atom. The van der Waals surface area contributed by atoms with Crippen LogP contribution in [0.5, 0.6) is 5.75 Å². The molecule has 0 saturated carbocycles. The predicted molar refractivity (Wildman–Crippen MR) is 86.3 cm³/mol. The summed E-state index contributed by atoms with van der Waals surface area (Å²) < 4.78 is 5.15. The predicted octanol–water partition coefficient (Wildman–Crippen LogP) is 1.62. The molecule has 6 heteroatoms. The summed E-state index contributed by atoms with van der Waals surface area (Å²) in [6, 6.07) is 7.23. The van der Waals surface area contributed by atoms with Crippen molar-refractivity contribution in [2.24, 2.45) is 0 Å². The number of methoxy groups -OCH3 is 1. The quantitative estimate of drug-likeness (QED) is 0.867. The van der Waals surface area contributed by atoms with E-state index in [-0.39, 0.29) is 12.1 Å². The zero-order chi connectivity index (χ0) is 15.9. The molecular weight excluding hydrogens is 282 g/mol. The fourth-order valence-corrected chi connectivity index (χ4v) is 2.46. The molecule has 2 rings (SSSR count). The van der Waals surface area contributed by atoms with Gasteiger partial charge in [0.05, 0.1) is 13.2 Å². The van der Waals surface area contributed by atoms with Crippen LogP contribution in [-0.4, -0.2) is 66.9 Å². The lowest BCUT2D eigenvalue weighted by Gasteiger charge is -2.35. The molecule has 1 atom stereocenters. The van der Waals surface area contributed by atoms with E-state index in [9.17, 15) is 9.90 Å². The van der Waals surface area contributed by atoms with E-state index < -0.39 is 0 Å². The largest absolute Gasteiger partial charge is 0.497 e. The Morgan fingerprint density at radius 1 is 1.36 bits per heavy atom. The Hall–Kier alpha value is -1.79. The van der Waals surface area contributed by atoms with E-state index in [4.69, 9.17) is 4.74 Å². The van der Waals surface area contributed by atoms with Gasteiger partial charge in [-0.05, 0) is 18.6 Å². The fourth-order valence-electron chi connectivity index (χ4n) is 2.46. The molecule has 1 heterocycles. The van der Waals surface area contributed by atoms with Crippen LogP contribution in [-0.2, 0) is 0 Å². The lowest BCUT2D eigenvalue weighted by molar-refractivity contribution is 0.0812. The van der Waals surface area contributed by atoms with E-state index in [0.29, 0.717) is 19.6 Å². The van der Waals surface area contributed by atoms with Crippen LogP contribution in [0.4, 0.5) is 10.5 Å². The van der Waals surface area contributed by atoms with Crippen molar-refractivity contribution in [2.45, 2.75) is 19.4 Å². The number of urea groups is 1. The molecule has 6 nitrogen and oxygen atoms in total. The van der Waals surface area contributed by atoms with Gasteiger partial charge in [0, 0.05) is 44.5 Å². The highest BCUT2D eigenvalue weighted by Crippen LogP contribution is 2.17. The Kier molecular flexibility index (Phi) is 6.03. The molecule has 0 spiro atoms. The standard InChI is InChI=1S/C16H25N3O3/c1-3-14(20)12-18-7-9-19(10-8-18)16(21)17-13-5-4-6-15(11-13)22-2/h4-6,11,14,20H,3,7-10,12H2,1-2H3,(H,17,21)/t14-/m0/s1. The molecule has 0 bridgehead atoms. The van der Waals surface area contributed by atoms with Crippen LogP contribution in [0.25, 0.3) is 0 Å². The number of rotatable bonds is 5. The molecule has 1 saturated heterocycles. The van der Waals surface area contributed by atoms with Gasteiger partial charge in [-0.15, -0.1) is 0 Å². The molecule has 1 aliphatic rings. The van der Waals surface area contributed by atoms with Crippen molar-refractivity contribution in [3.05, 3.63) is 24.3 Å². The van der Waals surface area contributed by atoms with Gasteiger partial charge in [-0.3, -0.25) is 4.90 Å². The topological polar surface area (TPSA) is 65.0 Å². The third-order valence-electron chi connectivity index (χ3n) is 3.92. The molecule has 2 amide bonds. The molecule has 122 valence electrons. The van der Waals surface area contributed by atoms with E-state index >= 15 is 0 Å². The summed E-state index contributed by atoms with van der Waals surface area (Å²) in [5, 5.41) is 12.6. The van der Waals surface area contributed by atoms with E-state index in [2.05, 4.69) is 10.2 Å². The third kappa shape index (κ3) is 4.61. The van der Waals surface area contributed by atoms with Crippen molar-refractivity contribution in [1.82, 2.24) is 9.80 Å². The highest BCUT2D eigenvalue weighted by Gasteiger charge is 2.22. The summed E-state index contributed by atoms with van der Waals surface area (Å²) in [6.45, 7) is 5.59. The number of hydrogen-bond acceptors (Lipinski definition) is 4. The average Bonchev–Trinajstić information content (AvgIpc) is 2.55. The summed E-state index contributed by atoms with van der Waals surface area (Å²) in [5.41, 5.74) is 0.730. The molecule has 1 aromatic rings. The van der Waals surface area contributed by atoms with Crippen LogP contribution in [0, 0.1) is 0 Å². The van der Waals surface area contributed by atoms with Gasteiger partial charge in [-0.2, -0.15) is 0 Å². The van der Waals surface area contributed by atoms with Crippen molar-refractivity contribution >= 4 is 11.7 Å². The number of carbonyl (C=O) groups excluding carboxylic acids is 1. The molecule has 1 fully saturated rings. The van der Waals surface area contributed by atoms with E-state index in [1.54, 1.807) is 18.1 Å². The number of nitrogens with zero attached hydrogens (tertiary/aromatic N) is 2. The highest BCUT2D eigenvalue weighted by atomic mass is 16.5. The van der Waals surface area contributed by atoms with Crippen LogP contribution >= 0.6 is 0 Å². The van der Waals surface area contributed by atoms with Crippen molar-refractivity contribution in [2.75, 3.05) is 45.2 Å².